The highest BCUT2D eigenvalue weighted by molar-refractivity contribution is 6.32. The number of halogens is 1. The highest BCUT2D eigenvalue weighted by Gasteiger charge is 2.34. The molecule has 0 aromatic heterocycles. The van der Waals surface area contributed by atoms with Crippen LogP contribution in [0.25, 0.3) is 0 Å². The fourth-order valence-electron chi connectivity index (χ4n) is 3.11. The summed E-state index contributed by atoms with van der Waals surface area (Å²) in [6.45, 7) is 0.984. The van der Waals surface area contributed by atoms with E-state index in [0.29, 0.717) is 22.7 Å². The average molecular weight is 310 g/mol. The summed E-state index contributed by atoms with van der Waals surface area (Å²) < 4.78 is 5.46. The molecule has 5 nitrogen and oxygen atoms in total. The van der Waals surface area contributed by atoms with E-state index in [-0.39, 0.29) is 18.6 Å². The van der Waals surface area contributed by atoms with E-state index in [2.05, 4.69) is 16.2 Å². The van der Waals surface area contributed by atoms with Crippen molar-refractivity contribution in [1.29, 1.82) is 0 Å². The number of rotatable bonds is 4. The zero-order chi connectivity index (χ0) is 14.7. The smallest absolute Gasteiger partial charge is 0.258 e. The second kappa shape index (κ2) is 6.64. The maximum atomic E-state index is 12.0. The fourth-order valence-corrected chi connectivity index (χ4v) is 3.30. The summed E-state index contributed by atoms with van der Waals surface area (Å²) in [5.41, 5.74) is 6.47. The molecule has 2 fully saturated rings. The molecule has 3 atom stereocenters. The van der Waals surface area contributed by atoms with Crippen molar-refractivity contribution in [3.63, 3.8) is 0 Å². The number of fused-ring (bicyclic) bond motifs is 1. The van der Waals surface area contributed by atoms with Gasteiger partial charge >= 0.3 is 0 Å². The molecule has 2 aliphatic rings. The number of carbonyl (C=O) groups excluding carboxylic acids is 1. The van der Waals surface area contributed by atoms with Gasteiger partial charge in [-0.1, -0.05) is 23.7 Å². The molecule has 1 heterocycles. The second-order valence-corrected chi connectivity index (χ2v) is 6.10. The molecule has 1 aromatic carbocycles. The lowest BCUT2D eigenvalue weighted by Gasteiger charge is -2.31. The summed E-state index contributed by atoms with van der Waals surface area (Å²) in [6.07, 6.45) is 3.12. The third kappa shape index (κ3) is 3.67. The Morgan fingerprint density at radius 3 is 3.10 bits per heavy atom. The summed E-state index contributed by atoms with van der Waals surface area (Å²) in [5.74, 6) is 1.06. The standard InChI is InChI=1S/C15H20ClN3O2/c16-12-3-1-2-4-14(12)21-9-15(20)18-11-5-6-13-10(7-11)8-17-19-13/h1-4,10-11,13,17,19H,5-9H2,(H,18,20). The fraction of sp³-hybridized carbons (Fsp3) is 0.533. The van der Waals surface area contributed by atoms with E-state index in [4.69, 9.17) is 16.3 Å². The Kier molecular flexibility index (Phi) is 4.63. The number of nitrogens with one attached hydrogen (secondary N) is 3. The van der Waals surface area contributed by atoms with Crippen LogP contribution in [0.2, 0.25) is 5.02 Å². The van der Waals surface area contributed by atoms with Crippen LogP contribution in [0.15, 0.2) is 24.3 Å². The second-order valence-electron chi connectivity index (χ2n) is 5.69. The number of hydrogen-bond acceptors (Lipinski definition) is 4. The van der Waals surface area contributed by atoms with Crippen molar-refractivity contribution < 1.29 is 9.53 Å². The molecule has 0 spiro atoms. The first kappa shape index (κ1) is 14.6. The minimum absolute atomic E-state index is 0.00479. The van der Waals surface area contributed by atoms with Crippen molar-refractivity contribution in [1.82, 2.24) is 16.2 Å². The Hall–Kier alpha value is -1.30. The molecule has 21 heavy (non-hydrogen) atoms. The van der Waals surface area contributed by atoms with E-state index in [1.165, 1.54) is 0 Å². The molecule has 114 valence electrons. The number of amides is 1. The van der Waals surface area contributed by atoms with Crippen LogP contribution in [0.4, 0.5) is 0 Å². The molecule has 0 bridgehead atoms. The van der Waals surface area contributed by atoms with Gasteiger partial charge in [0, 0.05) is 18.6 Å². The minimum atomic E-state index is -0.0858. The van der Waals surface area contributed by atoms with Crippen LogP contribution in [0.5, 0.6) is 5.75 Å². The maximum Gasteiger partial charge on any atom is 0.258 e. The van der Waals surface area contributed by atoms with E-state index in [9.17, 15) is 4.79 Å². The van der Waals surface area contributed by atoms with Gasteiger partial charge in [-0.25, -0.2) is 0 Å². The number of hydrazine groups is 1. The van der Waals surface area contributed by atoms with Crippen LogP contribution in [-0.2, 0) is 4.79 Å². The third-order valence-corrected chi connectivity index (χ3v) is 4.51. The van der Waals surface area contributed by atoms with Gasteiger partial charge in [0.2, 0.25) is 0 Å². The molecule has 1 aromatic rings. The number of benzene rings is 1. The zero-order valence-electron chi connectivity index (χ0n) is 11.8. The number of ether oxygens (including phenoxy) is 1. The van der Waals surface area contributed by atoms with Crippen molar-refractivity contribution >= 4 is 17.5 Å². The van der Waals surface area contributed by atoms with Gasteiger partial charge in [-0.05, 0) is 37.3 Å². The molecular formula is C15H20ClN3O2. The lowest BCUT2D eigenvalue weighted by molar-refractivity contribution is -0.124. The van der Waals surface area contributed by atoms with Gasteiger partial charge in [0.05, 0.1) is 5.02 Å². The molecule has 3 unspecified atom stereocenters. The Balaban J connectivity index is 1.45. The number of hydrogen-bond donors (Lipinski definition) is 3. The minimum Gasteiger partial charge on any atom is -0.482 e. The van der Waals surface area contributed by atoms with E-state index in [1.807, 2.05) is 12.1 Å². The van der Waals surface area contributed by atoms with E-state index in [1.54, 1.807) is 12.1 Å². The van der Waals surface area contributed by atoms with Crippen LogP contribution in [0.1, 0.15) is 19.3 Å². The molecular weight excluding hydrogens is 290 g/mol. The Labute approximate surface area is 129 Å². The monoisotopic (exact) mass is 309 g/mol. The number of para-hydroxylation sites is 1. The van der Waals surface area contributed by atoms with Gasteiger partial charge in [-0.3, -0.25) is 15.6 Å². The molecule has 6 heteroatoms. The summed E-state index contributed by atoms with van der Waals surface area (Å²) in [4.78, 5) is 12.0. The lowest BCUT2D eigenvalue weighted by Crippen LogP contribution is -2.45. The molecule has 1 aliphatic carbocycles. The average Bonchev–Trinajstić information content (AvgIpc) is 2.94. The summed E-state index contributed by atoms with van der Waals surface area (Å²) in [6, 6.07) is 7.97. The Bertz CT molecular complexity index is 511. The Morgan fingerprint density at radius 2 is 2.24 bits per heavy atom. The quantitative estimate of drug-likeness (QED) is 0.788. The summed E-state index contributed by atoms with van der Waals surface area (Å²) >= 11 is 5.99. The molecule has 1 amide bonds. The van der Waals surface area contributed by atoms with Crippen molar-refractivity contribution in [2.24, 2.45) is 5.92 Å². The molecule has 3 N–H and O–H groups in total. The van der Waals surface area contributed by atoms with Gasteiger partial charge < -0.3 is 10.1 Å². The van der Waals surface area contributed by atoms with Crippen molar-refractivity contribution in [2.75, 3.05) is 13.2 Å². The van der Waals surface area contributed by atoms with Crippen LogP contribution in [0.3, 0.4) is 0 Å². The van der Waals surface area contributed by atoms with Crippen molar-refractivity contribution in [2.45, 2.75) is 31.3 Å². The first-order valence-corrected chi connectivity index (χ1v) is 7.75. The third-order valence-electron chi connectivity index (χ3n) is 4.19. The van der Waals surface area contributed by atoms with Crippen molar-refractivity contribution in [3.05, 3.63) is 29.3 Å². The SMILES string of the molecule is O=C(COc1ccccc1Cl)NC1CCC2NNCC2C1. The highest BCUT2D eigenvalue weighted by Crippen LogP contribution is 2.27. The predicted octanol–water partition coefficient (Wildman–Crippen LogP) is 1.48. The summed E-state index contributed by atoms with van der Waals surface area (Å²) in [7, 11) is 0. The lowest BCUT2D eigenvalue weighted by atomic mass is 9.83. The maximum absolute atomic E-state index is 12.0. The molecule has 1 aliphatic heterocycles. The van der Waals surface area contributed by atoms with Gasteiger partial charge in [-0.2, -0.15) is 0 Å². The van der Waals surface area contributed by atoms with Crippen LogP contribution in [0, 0.1) is 5.92 Å². The molecule has 3 rings (SSSR count). The van der Waals surface area contributed by atoms with Crippen LogP contribution < -0.4 is 20.9 Å². The predicted molar refractivity (Wildman–Crippen MR) is 81.1 cm³/mol. The Morgan fingerprint density at radius 1 is 1.38 bits per heavy atom. The first-order valence-electron chi connectivity index (χ1n) is 7.37. The van der Waals surface area contributed by atoms with Crippen LogP contribution in [-0.4, -0.2) is 31.1 Å². The van der Waals surface area contributed by atoms with E-state index >= 15 is 0 Å². The molecule has 1 saturated heterocycles. The normalized spacial score (nSPS) is 28.0. The molecule has 1 saturated carbocycles. The van der Waals surface area contributed by atoms with Gasteiger partial charge in [0.25, 0.3) is 5.91 Å². The topological polar surface area (TPSA) is 62.4 Å². The highest BCUT2D eigenvalue weighted by atomic mass is 35.5. The first-order chi connectivity index (χ1) is 10.2. The van der Waals surface area contributed by atoms with E-state index in [0.717, 1.165) is 25.8 Å². The van der Waals surface area contributed by atoms with Crippen LogP contribution >= 0.6 is 11.6 Å². The van der Waals surface area contributed by atoms with Gasteiger partial charge in [0.15, 0.2) is 6.61 Å². The van der Waals surface area contributed by atoms with E-state index < -0.39 is 0 Å². The molecule has 0 radical (unpaired) electrons. The van der Waals surface area contributed by atoms with Gasteiger partial charge in [0.1, 0.15) is 5.75 Å². The van der Waals surface area contributed by atoms with Gasteiger partial charge in [-0.15, -0.1) is 0 Å². The summed E-state index contributed by atoms with van der Waals surface area (Å²) in [5, 5.41) is 3.58. The zero-order valence-corrected chi connectivity index (χ0v) is 12.5. The van der Waals surface area contributed by atoms with Crippen molar-refractivity contribution in [3.8, 4) is 5.75 Å². The largest absolute Gasteiger partial charge is 0.482 e. The number of carbonyl (C=O) groups is 1.